The minimum absolute atomic E-state index is 0.766. The van der Waals surface area contributed by atoms with E-state index in [9.17, 15) is 13.2 Å². The van der Waals surface area contributed by atoms with E-state index >= 15 is 0 Å². The van der Waals surface area contributed by atoms with Crippen LogP contribution in [0.5, 0.6) is 0 Å². The highest BCUT2D eigenvalue weighted by atomic mass is 35.5. The Morgan fingerprint density at radius 2 is 2.00 bits per heavy atom. The van der Waals surface area contributed by atoms with E-state index in [2.05, 4.69) is 6.92 Å². The van der Waals surface area contributed by atoms with Gasteiger partial charge in [0.1, 0.15) is 5.38 Å². The molecule has 0 fully saturated rings. The fraction of sp³-hybridized carbons (Fsp3) is 0.500. The molecular formula is C4H4ClF3. The summed E-state index contributed by atoms with van der Waals surface area (Å²) in [6.07, 6.45) is 0. The minimum atomic E-state index is -3.60. The molecule has 0 heterocycles. The molecule has 0 aromatic rings. The summed E-state index contributed by atoms with van der Waals surface area (Å²) in [5.41, 5.74) is 0. The van der Waals surface area contributed by atoms with Crippen molar-refractivity contribution in [2.75, 3.05) is 0 Å². The molecule has 0 saturated carbocycles. The molecule has 0 aromatic carbocycles. The van der Waals surface area contributed by atoms with Gasteiger partial charge in [0.25, 0.3) is 5.92 Å². The minimum Gasteiger partial charge on any atom is -0.237 e. The highest BCUT2D eigenvalue weighted by Crippen LogP contribution is 2.25. The molecule has 4 heteroatoms. The van der Waals surface area contributed by atoms with Crippen molar-refractivity contribution < 1.29 is 13.2 Å². The molecule has 0 rings (SSSR count). The molecule has 1 unspecified atom stereocenters. The predicted molar refractivity (Wildman–Crippen MR) is 25.4 cm³/mol. The average Bonchev–Trinajstić information content (AvgIpc) is 1.67. The van der Waals surface area contributed by atoms with Crippen LogP contribution in [0.4, 0.5) is 13.2 Å². The van der Waals surface area contributed by atoms with Crippen molar-refractivity contribution in [3.8, 4) is 0 Å². The van der Waals surface area contributed by atoms with E-state index in [0.29, 0.717) is 0 Å². The zero-order valence-corrected chi connectivity index (χ0v) is 4.63. The first-order valence-electron chi connectivity index (χ1n) is 1.80. The first-order chi connectivity index (χ1) is 3.50. The molecule has 48 valence electrons. The number of rotatable bonds is 2. The SMILES string of the molecule is [CH2]C(Cl)C(F)(F)[CH]F. The second-order valence-corrected chi connectivity index (χ2v) is 1.78. The van der Waals surface area contributed by atoms with Gasteiger partial charge in [0, 0.05) is 0 Å². The molecule has 0 N–H and O–H groups in total. The summed E-state index contributed by atoms with van der Waals surface area (Å²) in [4.78, 5) is 0. The fourth-order valence-electron chi connectivity index (χ4n) is 0.0684. The number of halogens is 4. The van der Waals surface area contributed by atoms with E-state index in [4.69, 9.17) is 11.6 Å². The zero-order valence-electron chi connectivity index (χ0n) is 3.87. The van der Waals surface area contributed by atoms with Crippen LogP contribution in [0.25, 0.3) is 0 Å². The molecule has 0 saturated heterocycles. The third-order valence-electron chi connectivity index (χ3n) is 0.563. The standard InChI is InChI=1S/C4H4ClF3/c1-3(5)4(7,8)2-6/h2-3H,1H2. The maximum Gasteiger partial charge on any atom is 0.297 e. The van der Waals surface area contributed by atoms with Gasteiger partial charge in [-0.05, 0) is 6.92 Å². The van der Waals surface area contributed by atoms with Crippen LogP contribution in [0.2, 0.25) is 0 Å². The van der Waals surface area contributed by atoms with Crippen LogP contribution in [0.1, 0.15) is 0 Å². The van der Waals surface area contributed by atoms with Gasteiger partial charge >= 0.3 is 0 Å². The van der Waals surface area contributed by atoms with Crippen molar-refractivity contribution in [3.05, 3.63) is 13.6 Å². The molecule has 0 aliphatic rings. The number of hydrogen-bond acceptors (Lipinski definition) is 0. The van der Waals surface area contributed by atoms with Crippen LogP contribution in [0.3, 0.4) is 0 Å². The van der Waals surface area contributed by atoms with Crippen molar-refractivity contribution in [2.45, 2.75) is 11.3 Å². The second kappa shape index (κ2) is 2.58. The first-order valence-corrected chi connectivity index (χ1v) is 2.24. The smallest absolute Gasteiger partial charge is 0.237 e. The molecule has 2 radical (unpaired) electrons. The molecule has 0 aliphatic carbocycles. The lowest BCUT2D eigenvalue weighted by Crippen LogP contribution is -2.25. The van der Waals surface area contributed by atoms with Crippen LogP contribution in [-0.2, 0) is 0 Å². The van der Waals surface area contributed by atoms with Crippen LogP contribution in [-0.4, -0.2) is 11.3 Å². The molecular weight excluding hydrogens is 140 g/mol. The normalized spacial score (nSPS) is 16.1. The van der Waals surface area contributed by atoms with Gasteiger partial charge in [-0.2, -0.15) is 0 Å². The third-order valence-corrected chi connectivity index (χ3v) is 0.854. The summed E-state index contributed by atoms with van der Waals surface area (Å²) < 4.78 is 34.3. The van der Waals surface area contributed by atoms with Crippen LogP contribution in [0, 0.1) is 13.6 Å². The largest absolute Gasteiger partial charge is 0.297 e. The molecule has 0 aliphatic heterocycles. The van der Waals surface area contributed by atoms with Gasteiger partial charge in [-0.3, -0.25) is 0 Å². The topological polar surface area (TPSA) is 0 Å². The Hall–Kier alpha value is 0.0800. The second-order valence-electron chi connectivity index (χ2n) is 1.25. The Kier molecular flexibility index (Phi) is 2.60. The van der Waals surface area contributed by atoms with E-state index < -0.39 is 18.0 Å². The Labute approximate surface area is 50.6 Å². The Bertz CT molecular complexity index is 71.7. The summed E-state index contributed by atoms with van der Waals surface area (Å²) >= 11 is 4.74. The molecule has 8 heavy (non-hydrogen) atoms. The van der Waals surface area contributed by atoms with Gasteiger partial charge in [0.05, 0.1) is 0 Å². The Morgan fingerprint density at radius 1 is 1.62 bits per heavy atom. The van der Waals surface area contributed by atoms with Gasteiger partial charge in [0.2, 0.25) is 6.67 Å². The Balaban J connectivity index is 3.71. The lowest BCUT2D eigenvalue weighted by molar-refractivity contribution is 0.0182. The predicted octanol–water partition coefficient (Wildman–Crippen LogP) is 2.19. The maximum absolute atomic E-state index is 11.7. The maximum atomic E-state index is 11.7. The third kappa shape index (κ3) is 1.90. The lowest BCUT2D eigenvalue weighted by Gasteiger charge is -2.11. The van der Waals surface area contributed by atoms with Gasteiger partial charge in [0.15, 0.2) is 0 Å². The van der Waals surface area contributed by atoms with Gasteiger partial charge in [-0.15, -0.1) is 11.6 Å². The summed E-state index contributed by atoms with van der Waals surface area (Å²) in [5.74, 6) is -3.60. The highest BCUT2D eigenvalue weighted by molar-refractivity contribution is 6.21. The average molecular weight is 145 g/mol. The summed E-state index contributed by atoms with van der Waals surface area (Å²) in [5, 5.41) is -1.73. The quantitative estimate of drug-likeness (QED) is 0.521. The first kappa shape index (κ1) is 8.08. The van der Waals surface area contributed by atoms with Crippen LogP contribution in [0.15, 0.2) is 0 Å². The number of hydrogen-bond donors (Lipinski definition) is 0. The van der Waals surface area contributed by atoms with Gasteiger partial charge in [-0.25, -0.2) is 13.2 Å². The van der Waals surface area contributed by atoms with Crippen molar-refractivity contribution in [1.82, 2.24) is 0 Å². The van der Waals surface area contributed by atoms with E-state index in [1.807, 2.05) is 0 Å². The summed E-state index contributed by atoms with van der Waals surface area (Å²) in [6, 6.07) is 0. The molecule has 0 amide bonds. The van der Waals surface area contributed by atoms with Crippen LogP contribution < -0.4 is 0 Å². The molecule has 0 spiro atoms. The van der Waals surface area contributed by atoms with Crippen LogP contribution >= 0.6 is 11.6 Å². The van der Waals surface area contributed by atoms with Crippen molar-refractivity contribution in [3.63, 3.8) is 0 Å². The summed E-state index contributed by atoms with van der Waals surface area (Å²) in [6.45, 7) is 1.96. The van der Waals surface area contributed by atoms with Crippen molar-refractivity contribution in [2.24, 2.45) is 0 Å². The van der Waals surface area contributed by atoms with Crippen molar-refractivity contribution in [1.29, 1.82) is 0 Å². The molecule has 1 atom stereocenters. The Morgan fingerprint density at radius 3 is 2.00 bits per heavy atom. The van der Waals surface area contributed by atoms with E-state index in [1.165, 1.54) is 0 Å². The molecule has 0 nitrogen and oxygen atoms in total. The fourth-order valence-corrected chi connectivity index (χ4v) is 0.116. The van der Waals surface area contributed by atoms with E-state index in [0.717, 1.165) is 0 Å². The molecule has 0 bridgehead atoms. The van der Waals surface area contributed by atoms with Gasteiger partial charge in [-0.1, -0.05) is 0 Å². The van der Waals surface area contributed by atoms with E-state index in [1.54, 1.807) is 0 Å². The van der Waals surface area contributed by atoms with E-state index in [-0.39, 0.29) is 0 Å². The highest BCUT2D eigenvalue weighted by Gasteiger charge is 2.35. The zero-order chi connectivity index (χ0) is 6.78. The van der Waals surface area contributed by atoms with Gasteiger partial charge < -0.3 is 0 Å². The lowest BCUT2D eigenvalue weighted by atomic mass is 10.3. The monoisotopic (exact) mass is 144 g/mol. The number of alkyl halides is 3. The summed E-state index contributed by atoms with van der Waals surface area (Å²) in [7, 11) is 0. The van der Waals surface area contributed by atoms with Crippen molar-refractivity contribution >= 4 is 11.6 Å². The molecule has 0 aromatic heterocycles.